The molecule has 0 saturated carbocycles. The van der Waals surface area contributed by atoms with Crippen molar-refractivity contribution in [2.75, 3.05) is 25.0 Å². The van der Waals surface area contributed by atoms with Crippen molar-refractivity contribution in [2.24, 2.45) is 0 Å². The standard InChI is InChI=1S/C16H24BrN3O2/c1-16(2,3)22-15(21)19(4)12-7-6-10-20(11-12)14-9-5-8-13(17)18-14/h5,8-9,12H,6-7,10-11H2,1-4H3/t12-/m1/s1. The first-order chi connectivity index (χ1) is 10.3. The van der Waals surface area contributed by atoms with Crippen LogP contribution in [-0.2, 0) is 4.74 Å². The van der Waals surface area contributed by atoms with E-state index in [-0.39, 0.29) is 12.1 Å². The van der Waals surface area contributed by atoms with Gasteiger partial charge in [0.05, 0.1) is 6.04 Å². The summed E-state index contributed by atoms with van der Waals surface area (Å²) in [6.07, 6.45) is 1.76. The maximum absolute atomic E-state index is 12.2. The van der Waals surface area contributed by atoms with Gasteiger partial charge in [-0.15, -0.1) is 0 Å². The fourth-order valence-corrected chi connectivity index (χ4v) is 2.87. The zero-order valence-electron chi connectivity index (χ0n) is 13.7. The van der Waals surface area contributed by atoms with E-state index in [1.165, 1.54) is 0 Å². The monoisotopic (exact) mass is 369 g/mol. The molecule has 0 spiro atoms. The van der Waals surface area contributed by atoms with Crippen LogP contribution in [0.3, 0.4) is 0 Å². The summed E-state index contributed by atoms with van der Waals surface area (Å²) in [5.41, 5.74) is -0.467. The van der Waals surface area contributed by atoms with E-state index in [4.69, 9.17) is 4.74 Å². The molecule has 1 atom stereocenters. The van der Waals surface area contributed by atoms with Crippen molar-refractivity contribution < 1.29 is 9.53 Å². The highest BCUT2D eigenvalue weighted by Crippen LogP contribution is 2.23. The van der Waals surface area contributed by atoms with Crippen LogP contribution in [0.15, 0.2) is 22.8 Å². The largest absolute Gasteiger partial charge is 0.444 e. The van der Waals surface area contributed by atoms with Gasteiger partial charge in [-0.2, -0.15) is 0 Å². The van der Waals surface area contributed by atoms with Crippen molar-refractivity contribution >= 4 is 27.8 Å². The molecule has 0 aliphatic carbocycles. The van der Waals surface area contributed by atoms with Gasteiger partial charge in [0.2, 0.25) is 0 Å². The summed E-state index contributed by atoms with van der Waals surface area (Å²) < 4.78 is 6.28. The lowest BCUT2D eigenvalue weighted by atomic mass is 10.0. The molecule has 1 aliphatic rings. The Labute approximate surface area is 140 Å². The number of pyridine rings is 1. The molecule has 2 heterocycles. The molecule has 1 aliphatic heterocycles. The van der Waals surface area contributed by atoms with Crippen LogP contribution in [0.1, 0.15) is 33.6 Å². The molecule has 1 aromatic rings. The quantitative estimate of drug-likeness (QED) is 0.745. The number of hydrogen-bond donors (Lipinski definition) is 0. The Morgan fingerprint density at radius 3 is 2.82 bits per heavy atom. The Kier molecular flexibility index (Phi) is 5.32. The van der Waals surface area contributed by atoms with Gasteiger partial charge in [0.1, 0.15) is 16.0 Å². The molecular weight excluding hydrogens is 346 g/mol. The van der Waals surface area contributed by atoms with Crippen LogP contribution in [0.2, 0.25) is 0 Å². The van der Waals surface area contributed by atoms with Crippen LogP contribution >= 0.6 is 15.9 Å². The maximum Gasteiger partial charge on any atom is 0.410 e. The minimum atomic E-state index is -0.467. The van der Waals surface area contributed by atoms with E-state index in [2.05, 4.69) is 25.8 Å². The second-order valence-corrected chi connectivity index (χ2v) is 7.46. The predicted octanol–water partition coefficient (Wildman–Crippen LogP) is 3.68. The average Bonchev–Trinajstić information content (AvgIpc) is 2.45. The van der Waals surface area contributed by atoms with E-state index in [0.717, 1.165) is 36.4 Å². The Morgan fingerprint density at radius 2 is 2.18 bits per heavy atom. The third-order valence-corrected chi connectivity index (χ3v) is 4.09. The first-order valence-corrected chi connectivity index (χ1v) is 8.39. The summed E-state index contributed by atoms with van der Waals surface area (Å²) in [5.74, 6) is 0.941. The first-order valence-electron chi connectivity index (χ1n) is 7.59. The maximum atomic E-state index is 12.2. The van der Waals surface area contributed by atoms with Gasteiger partial charge in [0.15, 0.2) is 0 Å². The van der Waals surface area contributed by atoms with Crippen molar-refractivity contribution in [2.45, 2.75) is 45.3 Å². The van der Waals surface area contributed by atoms with Crippen molar-refractivity contribution in [3.05, 3.63) is 22.8 Å². The summed E-state index contributed by atoms with van der Waals surface area (Å²) in [4.78, 5) is 20.7. The zero-order chi connectivity index (χ0) is 16.3. The topological polar surface area (TPSA) is 45.7 Å². The normalized spacial score (nSPS) is 19.0. The molecule has 0 unspecified atom stereocenters. The fourth-order valence-electron chi connectivity index (χ4n) is 2.54. The van der Waals surface area contributed by atoms with Gasteiger partial charge in [-0.05, 0) is 61.7 Å². The molecule has 0 bridgehead atoms. The summed E-state index contributed by atoms with van der Waals surface area (Å²) in [6.45, 7) is 7.40. The molecular formula is C16H24BrN3O2. The van der Waals surface area contributed by atoms with Gasteiger partial charge in [-0.1, -0.05) is 6.07 Å². The van der Waals surface area contributed by atoms with Gasteiger partial charge < -0.3 is 14.5 Å². The number of likely N-dealkylation sites (N-methyl/N-ethyl adjacent to an activating group) is 1. The van der Waals surface area contributed by atoms with E-state index in [1.54, 1.807) is 4.90 Å². The van der Waals surface area contributed by atoms with Crippen LogP contribution in [-0.4, -0.2) is 47.8 Å². The van der Waals surface area contributed by atoms with Gasteiger partial charge in [-0.3, -0.25) is 0 Å². The molecule has 6 heteroatoms. The van der Waals surface area contributed by atoms with Crippen molar-refractivity contribution in [1.82, 2.24) is 9.88 Å². The van der Waals surface area contributed by atoms with Crippen LogP contribution in [0, 0.1) is 0 Å². The second kappa shape index (κ2) is 6.86. The third-order valence-electron chi connectivity index (χ3n) is 3.65. The summed E-state index contributed by atoms with van der Waals surface area (Å²) in [5, 5.41) is 0. The van der Waals surface area contributed by atoms with Crippen molar-refractivity contribution in [3.8, 4) is 0 Å². The molecule has 2 rings (SSSR count). The number of aromatic nitrogens is 1. The Balaban J connectivity index is 2.02. The molecule has 1 amide bonds. The van der Waals surface area contributed by atoms with Crippen LogP contribution < -0.4 is 4.90 Å². The van der Waals surface area contributed by atoms with E-state index in [1.807, 2.05) is 46.0 Å². The Hall–Kier alpha value is -1.30. The minimum Gasteiger partial charge on any atom is -0.444 e. The lowest BCUT2D eigenvalue weighted by molar-refractivity contribution is 0.0209. The minimum absolute atomic E-state index is 0.143. The lowest BCUT2D eigenvalue weighted by Gasteiger charge is -2.38. The molecule has 1 saturated heterocycles. The van der Waals surface area contributed by atoms with Gasteiger partial charge in [0.25, 0.3) is 0 Å². The Bertz CT molecular complexity index is 530. The number of hydrogen-bond acceptors (Lipinski definition) is 4. The molecule has 122 valence electrons. The molecule has 5 nitrogen and oxygen atoms in total. The smallest absolute Gasteiger partial charge is 0.410 e. The van der Waals surface area contributed by atoms with Gasteiger partial charge in [0, 0.05) is 20.1 Å². The zero-order valence-corrected chi connectivity index (χ0v) is 15.3. The molecule has 1 aromatic heterocycles. The molecule has 0 aromatic carbocycles. The highest BCUT2D eigenvalue weighted by Gasteiger charge is 2.29. The van der Waals surface area contributed by atoms with Crippen molar-refractivity contribution in [1.29, 1.82) is 0 Å². The Morgan fingerprint density at radius 1 is 1.45 bits per heavy atom. The summed E-state index contributed by atoms with van der Waals surface area (Å²) >= 11 is 3.41. The fraction of sp³-hybridized carbons (Fsp3) is 0.625. The lowest BCUT2D eigenvalue weighted by Crippen LogP contribution is -2.50. The first kappa shape index (κ1) is 17.1. The highest BCUT2D eigenvalue weighted by atomic mass is 79.9. The number of anilines is 1. The SMILES string of the molecule is CN(C(=O)OC(C)(C)C)[C@@H]1CCCN(c2cccc(Br)n2)C1. The molecule has 1 fully saturated rings. The number of carbonyl (C=O) groups excluding carboxylic acids is 1. The number of piperidine rings is 1. The van der Waals surface area contributed by atoms with Gasteiger partial charge >= 0.3 is 6.09 Å². The van der Waals surface area contributed by atoms with Crippen LogP contribution in [0.4, 0.5) is 10.6 Å². The molecule has 0 N–H and O–H groups in total. The van der Waals surface area contributed by atoms with E-state index in [0.29, 0.717) is 0 Å². The second-order valence-electron chi connectivity index (χ2n) is 6.65. The van der Waals surface area contributed by atoms with E-state index >= 15 is 0 Å². The predicted molar refractivity (Wildman–Crippen MR) is 91.2 cm³/mol. The summed E-state index contributed by atoms with van der Waals surface area (Å²) in [7, 11) is 1.82. The number of ether oxygens (including phenoxy) is 1. The number of carbonyl (C=O) groups is 1. The number of nitrogens with zero attached hydrogens (tertiary/aromatic N) is 3. The molecule has 22 heavy (non-hydrogen) atoms. The third kappa shape index (κ3) is 4.60. The highest BCUT2D eigenvalue weighted by molar-refractivity contribution is 9.10. The van der Waals surface area contributed by atoms with Crippen LogP contribution in [0.25, 0.3) is 0 Å². The molecule has 0 radical (unpaired) electrons. The van der Waals surface area contributed by atoms with Crippen LogP contribution in [0.5, 0.6) is 0 Å². The number of rotatable bonds is 2. The van der Waals surface area contributed by atoms with E-state index < -0.39 is 5.60 Å². The number of amides is 1. The van der Waals surface area contributed by atoms with Gasteiger partial charge in [-0.25, -0.2) is 9.78 Å². The average molecular weight is 370 g/mol. The van der Waals surface area contributed by atoms with Crippen molar-refractivity contribution in [3.63, 3.8) is 0 Å². The van der Waals surface area contributed by atoms with E-state index in [9.17, 15) is 4.79 Å². The summed E-state index contributed by atoms with van der Waals surface area (Å²) in [6, 6.07) is 6.04. The number of halogens is 1.